The summed E-state index contributed by atoms with van der Waals surface area (Å²) in [6.45, 7) is 2.00. The van der Waals surface area contributed by atoms with E-state index in [-0.39, 0.29) is 30.2 Å². The average Bonchev–Trinajstić information content (AvgIpc) is 3.35. The van der Waals surface area contributed by atoms with E-state index in [1.165, 1.54) is 17.4 Å². The van der Waals surface area contributed by atoms with Gasteiger partial charge in [-0.05, 0) is 99.6 Å². The van der Waals surface area contributed by atoms with Crippen LogP contribution in [0.3, 0.4) is 0 Å². The molecule has 0 fully saturated rings. The molecule has 0 spiro atoms. The van der Waals surface area contributed by atoms with Gasteiger partial charge >= 0.3 is 5.97 Å². The summed E-state index contributed by atoms with van der Waals surface area (Å²) in [5, 5.41) is 0.534. The number of hydrogen-bond acceptors (Lipinski definition) is 6. The Morgan fingerprint density at radius 2 is 1.70 bits per heavy atom. The van der Waals surface area contributed by atoms with Gasteiger partial charge in [0, 0.05) is 16.1 Å². The van der Waals surface area contributed by atoms with Crippen molar-refractivity contribution in [3.05, 3.63) is 156 Å². The second-order valence-electron chi connectivity index (χ2n) is 10.2. The number of halogens is 4. The molecule has 5 aromatic rings. The Labute approximate surface area is 300 Å². The Morgan fingerprint density at radius 3 is 2.37 bits per heavy atom. The third kappa shape index (κ3) is 6.71. The molecule has 0 saturated heterocycles. The van der Waals surface area contributed by atoms with E-state index in [0.717, 1.165) is 18.3 Å². The predicted molar refractivity (Wildman–Crippen MR) is 195 cm³/mol. The van der Waals surface area contributed by atoms with E-state index in [0.29, 0.717) is 36.9 Å². The van der Waals surface area contributed by atoms with Gasteiger partial charge in [0.05, 0.1) is 35.6 Å². The molecule has 46 heavy (non-hydrogen) atoms. The molecule has 1 aliphatic rings. The molecule has 0 N–H and O–H groups in total. The van der Waals surface area contributed by atoms with Crippen LogP contribution in [-0.4, -0.2) is 17.1 Å². The molecule has 2 heterocycles. The summed E-state index contributed by atoms with van der Waals surface area (Å²) in [4.78, 5) is 33.1. The van der Waals surface area contributed by atoms with Crippen molar-refractivity contribution >= 4 is 85.9 Å². The highest BCUT2D eigenvalue weighted by atomic mass is 127. The Morgan fingerprint density at radius 1 is 1.02 bits per heavy atom. The van der Waals surface area contributed by atoms with E-state index >= 15 is 0 Å². The number of carbonyl (C=O) groups excluding carboxylic acids is 1. The van der Waals surface area contributed by atoms with Gasteiger partial charge in [-0.1, -0.05) is 83.6 Å². The van der Waals surface area contributed by atoms with E-state index in [2.05, 4.69) is 45.2 Å². The number of carbonyl (C=O) groups is 1. The molecule has 232 valence electrons. The molecule has 4 aromatic carbocycles. The van der Waals surface area contributed by atoms with Crippen molar-refractivity contribution in [2.45, 2.75) is 19.6 Å². The van der Waals surface area contributed by atoms with Gasteiger partial charge in [0.15, 0.2) is 4.80 Å². The number of aromatic nitrogens is 1. The van der Waals surface area contributed by atoms with Crippen molar-refractivity contribution in [3.8, 4) is 5.75 Å². The van der Waals surface area contributed by atoms with Crippen LogP contribution in [0.25, 0.3) is 11.8 Å². The second-order valence-corrected chi connectivity index (χ2v) is 13.9. The molecule has 0 saturated carbocycles. The predicted octanol–water partition coefficient (Wildman–Crippen LogP) is 7.52. The van der Waals surface area contributed by atoms with Crippen molar-refractivity contribution in [1.82, 2.24) is 4.57 Å². The van der Waals surface area contributed by atoms with Crippen molar-refractivity contribution in [3.63, 3.8) is 0 Å². The molecule has 0 bridgehead atoms. The second kappa shape index (κ2) is 14.2. The Bertz CT molecular complexity index is 2140. The maximum absolute atomic E-state index is 14.2. The number of hydrogen-bond donors (Lipinski definition) is 0. The molecule has 0 unspecified atom stereocenters. The molecule has 0 amide bonds. The van der Waals surface area contributed by atoms with E-state index in [4.69, 9.17) is 26.1 Å². The van der Waals surface area contributed by atoms with Crippen LogP contribution in [-0.2, 0) is 16.1 Å². The fourth-order valence-electron chi connectivity index (χ4n) is 5.12. The van der Waals surface area contributed by atoms with Gasteiger partial charge in [-0.3, -0.25) is 9.36 Å². The summed E-state index contributed by atoms with van der Waals surface area (Å²) < 4.78 is 29.3. The van der Waals surface area contributed by atoms with E-state index in [1.807, 2.05) is 60.7 Å². The fraction of sp³-hybridized carbons (Fsp3) is 0.114. The zero-order valence-corrected chi connectivity index (χ0v) is 30.1. The highest BCUT2D eigenvalue weighted by molar-refractivity contribution is 14.1. The van der Waals surface area contributed by atoms with Crippen LogP contribution in [0.4, 0.5) is 4.39 Å². The van der Waals surface area contributed by atoms with Crippen molar-refractivity contribution < 1.29 is 18.7 Å². The van der Waals surface area contributed by atoms with Gasteiger partial charge in [-0.15, -0.1) is 0 Å². The number of fused-ring (bicyclic) bond motifs is 1. The van der Waals surface area contributed by atoms with Gasteiger partial charge in [0.2, 0.25) is 0 Å². The lowest BCUT2D eigenvalue weighted by atomic mass is 9.93. The van der Waals surface area contributed by atoms with E-state index < -0.39 is 12.0 Å². The third-order valence-corrected chi connectivity index (χ3v) is 10.0. The number of esters is 1. The standard InChI is InChI=1S/C35H24ClFI2N2O4S/c1-2-44-34(43)29-30(21-8-4-3-5-9-21)40-35-41(31(29)22-12-14-24(36)15-13-22)33(42)28(46-35)18-20-16-26(38)32(27(39)17-20)45-19-23-10-6-7-11-25(23)37/h3-18,31H,2,19H2,1H3/b28-18-/t31-/m1/s1. The quantitative estimate of drug-likeness (QED) is 0.120. The number of rotatable bonds is 8. The highest BCUT2D eigenvalue weighted by Crippen LogP contribution is 2.36. The maximum Gasteiger partial charge on any atom is 0.338 e. The summed E-state index contributed by atoms with van der Waals surface area (Å²) in [6, 6.07) is 26.0. The van der Waals surface area contributed by atoms with Gasteiger partial charge < -0.3 is 9.47 Å². The minimum Gasteiger partial charge on any atom is -0.487 e. The Balaban J connectivity index is 1.48. The van der Waals surface area contributed by atoms with Crippen LogP contribution < -0.4 is 19.6 Å². The Hall–Kier alpha value is -3.33. The zero-order chi connectivity index (χ0) is 32.4. The first-order valence-corrected chi connectivity index (χ1v) is 17.5. The van der Waals surface area contributed by atoms with Gasteiger partial charge in [-0.2, -0.15) is 0 Å². The van der Waals surface area contributed by atoms with Crippen LogP contribution >= 0.6 is 68.1 Å². The van der Waals surface area contributed by atoms with Crippen molar-refractivity contribution in [1.29, 1.82) is 0 Å². The first kappa shape index (κ1) is 32.6. The number of nitrogens with zero attached hydrogens (tertiary/aromatic N) is 2. The molecule has 1 aromatic heterocycles. The van der Waals surface area contributed by atoms with Crippen molar-refractivity contribution in [2.75, 3.05) is 6.61 Å². The zero-order valence-electron chi connectivity index (χ0n) is 24.2. The summed E-state index contributed by atoms with van der Waals surface area (Å²) in [5.74, 6) is -0.232. The first-order valence-electron chi connectivity index (χ1n) is 14.1. The molecule has 0 radical (unpaired) electrons. The molecule has 1 aliphatic heterocycles. The van der Waals surface area contributed by atoms with E-state index in [9.17, 15) is 14.0 Å². The number of ether oxygens (including phenoxy) is 2. The minimum atomic E-state index is -0.792. The minimum absolute atomic E-state index is 0.0911. The van der Waals surface area contributed by atoms with E-state index in [1.54, 1.807) is 41.8 Å². The third-order valence-electron chi connectivity index (χ3n) is 7.21. The number of benzene rings is 4. The smallest absolute Gasteiger partial charge is 0.338 e. The molecule has 0 aliphatic carbocycles. The van der Waals surface area contributed by atoms with Crippen LogP contribution in [0.5, 0.6) is 5.75 Å². The molecule has 6 nitrogen and oxygen atoms in total. The van der Waals surface area contributed by atoms with Gasteiger partial charge in [-0.25, -0.2) is 14.2 Å². The molecular weight excluding hydrogens is 853 g/mol. The molecule has 11 heteroatoms. The normalized spacial score (nSPS) is 14.5. The average molecular weight is 877 g/mol. The number of thiazole rings is 1. The van der Waals surface area contributed by atoms with Gasteiger partial charge in [0.25, 0.3) is 5.56 Å². The lowest BCUT2D eigenvalue weighted by molar-refractivity contribution is -0.138. The topological polar surface area (TPSA) is 69.9 Å². The lowest BCUT2D eigenvalue weighted by Crippen LogP contribution is -2.40. The van der Waals surface area contributed by atoms with Crippen LogP contribution in [0.15, 0.2) is 106 Å². The summed E-state index contributed by atoms with van der Waals surface area (Å²) in [6.07, 6.45) is 1.81. The van der Waals surface area contributed by atoms with Crippen LogP contribution in [0.2, 0.25) is 5.02 Å². The Kier molecular flexibility index (Phi) is 10.1. The van der Waals surface area contributed by atoms with Crippen LogP contribution in [0.1, 0.15) is 35.2 Å². The SMILES string of the molecule is CCOC(=O)C1=C(c2ccccc2)N=c2s/c(=C\c3cc(I)c(OCc4ccccc4F)c(I)c3)c(=O)n2[C@@H]1c1ccc(Cl)cc1. The molecular formula is C35H24ClFI2N2O4S. The van der Waals surface area contributed by atoms with Gasteiger partial charge in [0.1, 0.15) is 18.2 Å². The molecule has 1 atom stereocenters. The summed E-state index contributed by atoms with van der Waals surface area (Å²) in [7, 11) is 0. The molecule has 6 rings (SSSR count). The summed E-state index contributed by atoms with van der Waals surface area (Å²) >= 11 is 11.8. The highest BCUT2D eigenvalue weighted by Gasteiger charge is 2.35. The lowest BCUT2D eigenvalue weighted by Gasteiger charge is -2.25. The van der Waals surface area contributed by atoms with Crippen LogP contribution in [0, 0.1) is 13.0 Å². The first-order chi connectivity index (χ1) is 22.2. The monoisotopic (exact) mass is 876 g/mol. The largest absolute Gasteiger partial charge is 0.487 e. The summed E-state index contributed by atoms with van der Waals surface area (Å²) in [5.41, 5.74) is 3.12. The van der Waals surface area contributed by atoms with Crippen molar-refractivity contribution in [2.24, 2.45) is 4.99 Å². The maximum atomic E-state index is 14.2. The fourth-order valence-corrected chi connectivity index (χ4v) is 8.37.